The lowest BCUT2D eigenvalue weighted by Gasteiger charge is -2.29. The molecule has 3 heteroatoms. The molecule has 0 aliphatic heterocycles. The highest BCUT2D eigenvalue weighted by atomic mass is 16.4. The normalized spacial score (nSPS) is 22.4. The van der Waals surface area contributed by atoms with E-state index in [0.717, 1.165) is 30.5 Å². The Kier molecular flexibility index (Phi) is 2.66. The van der Waals surface area contributed by atoms with Crippen LogP contribution in [0.5, 0.6) is 0 Å². The van der Waals surface area contributed by atoms with Crippen molar-refractivity contribution < 1.29 is 9.90 Å². The highest BCUT2D eigenvalue weighted by Gasteiger charge is 2.41. The fraction of sp³-hybridized carbons (Fsp3) is 0.438. The fourth-order valence-corrected chi connectivity index (χ4v) is 3.20. The Labute approximate surface area is 112 Å². The molecule has 1 heterocycles. The van der Waals surface area contributed by atoms with E-state index < -0.39 is 11.4 Å². The fourth-order valence-electron chi connectivity index (χ4n) is 3.20. The van der Waals surface area contributed by atoms with Gasteiger partial charge in [-0.05, 0) is 55.9 Å². The van der Waals surface area contributed by atoms with Crippen molar-refractivity contribution in [2.75, 3.05) is 0 Å². The van der Waals surface area contributed by atoms with E-state index in [9.17, 15) is 9.90 Å². The van der Waals surface area contributed by atoms with Crippen LogP contribution >= 0.6 is 0 Å². The predicted molar refractivity (Wildman–Crippen MR) is 75.6 cm³/mol. The summed E-state index contributed by atoms with van der Waals surface area (Å²) in [5, 5.41) is 10.8. The minimum atomic E-state index is -0.765. The molecule has 0 fully saturated rings. The van der Waals surface area contributed by atoms with E-state index in [1.807, 2.05) is 6.92 Å². The Morgan fingerprint density at radius 1 is 1.47 bits per heavy atom. The van der Waals surface area contributed by atoms with Crippen LogP contribution < -0.4 is 0 Å². The van der Waals surface area contributed by atoms with Crippen LogP contribution in [0.1, 0.15) is 43.5 Å². The van der Waals surface area contributed by atoms with Gasteiger partial charge in [0.2, 0.25) is 0 Å². The van der Waals surface area contributed by atoms with E-state index in [0.29, 0.717) is 6.42 Å². The SMILES string of the molecule is CCc1ccc2[nH]c3c(c2c1)CCCC3(C)C(=O)O. The molecule has 100 valence electrons. The Balaban J connectivity index is 2.27. The molecule has 1 aliphatic rings. The van der Waals surface area contributed by atoms with Crippen LogP contribution in [0, 0.1) is 0 Å². The smallest absolute Gasteiger partial charge is 0.315 e. The molecule has 2 N–H and O–H groups in total. The first kappa shape index (κ1) is 12.3. The molecule has 0 amide bonds. The number of carboxylic acid groups (broad SMARTS) is 1. The van der Waals surface area contributed by atoms with Crippen LogP contribution in [-0.4, -0.2) is 16.1 Å². The molecule has 0 saturated heterocycles. The monoisotopic (exact) mass is 257 g/mol. The summed E-state index contributed by atoms with van der Waals surface area (Å²) in [6.45, 7) is 3.98. The van der Waals surface area contributed by atoms with Crippen molar-refractivity contribution in [3.05, 3.63) is 35.0 Å². The second-order valence-corrected chi connectivity index (χ2v) is 5.70. The summed E-state index contributed by atoms with van der Waals surface area (Å²) >= 11 is 0. The number of hydrogen-bond donors (Lipinski definition) is 2. The van der Waals surface area contributed by atoms with Gasteiger partial charge in [0.05, 0.1) is 0 Å². The van der Waals surface area contributed by atoms with Gasteiger partial charge < -0.3 is 10.1 Å². The van der Waals surface area contributed by atoms with Gasteiger partial charge in [0.25, 0.3) is 0 Å². The summed E-state index contributed by atoms with van der Waals surface area (Å²) in [6.07, 6.45) is 3.64. The highest BCUT2D eigenvalue weighted by Crippen LogP contribution is 2.40. The zero-order chi connectivity index (χ0) is 13.6. The van der Waals surface area contributed by atoms with Crippen LogP contribution in [0.25, 0.3) is 10.9 Å². The number of rotatable bonds is 2. The summed E-state index contributed by atoms with van der Waals surface area (Å²) in [7, 11) is 0. The predicted octanol–water partition coefficient (Wildman–Crippen LogP) is 3.41. The Morgan fingerprint density at radius 2 is 2.26 bits per heavy atom. The number of aliphatic carboxylic acids is 1. The van der Waals surface area contributed by atoms with E-state index in [1.165, 1.54) is 16.5 Å². The molecular formula is C16H19NO2. The van der Waals surface area contributed by atoms with Gasteiger partial charge in [-0.2, -0.15) is 0 Å². The van der Waals surface area contributed by atoms with Crippen molar-refractivity contribution in [1.29, 1.82) is 0 Å². The Hall–Kier alpha value is -1.77. The number of aryl methyl sites for hydroxylation is 2. The van der Waals surface area contributed by atoms with Crippen molar-refractivity contribution in [1.82, 2.24) is 4.98 Å². The number of aromatic nitrogens is 1. The van der Waals surface area contributed by atoms with Crippen molar-refractivity contribution in [2.24, 2.45) is 0 Å². The standard InChI is InChI=1S/C16H19NO2/c1-3-10-6-7-13-12(9-10)11-5-4-8-16(2,15(18)19)14(11)17-13/h6-7,9,17H,3-5,8H2,1-2H3,(H,18,19). The number of carboxylic acids is 1. The summed E-state index contributed by atoms with van der Waals surface area (Å²) in [6, 6.07) is 6.40. The first-order chi connectivity index (χ1) is 9.06. The maximum absolute atomic E-state index is 11.6. The van der Waals surface area contributed by atoms with E-state index >= 15 is 0 Å². The van der Waals surface area contributed by atoms with E-state index in [4.69, 9.17) is 0 Å². The largest absolute Gasteiger partial charge is 0.481 e. The molecule has 3 nitrogen and oxygen atoms in total. The molecular weight excluding hydrogens is 238 g/mol. The number of aromatic amines is 1. The zero-order valence-corrected chi connectivity index (χ0v) is 11.4. The van der Waals surface area contributed by atoms with Crippen molar-refractivity contribution >= 4 is 16.9 Å². The number of benzene rings is 1. The third-order valence-corrected chi connectivity index (χ3v) is 4.51. The molecule has 1 aromatic carbocycles. The molecule has 0 spiro atoms. The van der Waals surface area contributed by atoms with E-state index in [-0.39, 0.29) is 0 Å². The number of hydrogen-bond acceptors (Lipinski definition) is 1. The van der Waals surface area contributed by atoms with Gasteiger partial charge in [-0.1, -0.05) is 13.0 Å². The Morgan fingerprint density at radius 3 is 2.95 bits per heavy atom. The Bertz CT molecular complexity index is 656. The first-order valence-corrected chi connectivity index (χ1v) is 6.93. The molecule has 1 unspecified atom stereocenters. The van der Waals surface area contributed by atoms with Gasteiger partial charge in [0.15, 0.2) is 0 Å². The summed E-state index contributed by atoms with van der Waals surface area (Å²) < 4.78 is 0. The lowest BCUT2D eigenvalue weighted by Crippen LogP contribution is -2.36. The highest BCUT2D eigenvalue weighted by molar-refractivity contribution is 5.90. The quantitative estimate of drug-likeness (QED) is 0.866. The third kappa shape index (κ3) is 1.68. The number of fused-ring (bicyclic) bond motifs is 3. The third-order valence-electron chi connectivity index (χ3n) is 4.51. The van der Waals surface area contributed by atoms with E-state index in [2.05, 4.69) is 30.1 Å². The van der Waals surface area contributed by atoms with Gasteiger partial charge in [-0.25, -0.2) is 0 Å². The lowest BCUT2D eigenvalue weighted by molar-refractivity contribution is -0.143. The molecule has 0 radical (unpaired) electrons. The van der Waals surface area contributed by atoms with Crippen molar-refractivity contribution in [2.45, 2.75) is 44.9 Å². The topological polar surface area (TPSA) is 53.1 Å². The molecule has 1 atom stereocenters. The van der Waals surface area contributed by atoms with Crippen LogP contribution in [0.3, 0.4) is 0 Å². The first-order valence-electron chi connectivity index (χ1n) is 6.93. The lowest BCUT2D eigenvalue weighted by atomic mass is 9.74. The second kappa shape index (κ2) is 4.12. The van der Waals surface area contributed by atoms with Crippen molar-refractivity contribution in [3.8, 4) is 0 Å². The van der Waals surface area contributed by atoms with Gasteiger partial charge in [-0.15, -0.1) is 0 Å². The molecule has 0 bridgehead atoms. The zero-order valence-electron chi connectivity index (χ0n) is 11.4. The summed E-state index contributed by atoms with van der Waals surface area (Å²) in [4.78, 5) is 15.0. The molecule has 1 aliphatic carbocycles. The van der Waals surface area contributed by atoms with Gasteiger partial charge in [0.1, 0.15) is 5.41 Å². The second-order valence-electron chi connectivity index (χ2n) is 5.70. The maximum atomic E-state index is 11.6. The molecule has 3 rings (SSSR count). The van der Waals surface area contributed by atoms with E-state index in [1.54, 1.807) is 0 Å². The van der Waals surface area contributed by atoms with Crippen LogP contribution in [0.4, 0.5) is 0 Å². The summed E-state index contributed by atoms with van der Waals surface area (Å²) in [5.74, 6) is -0.726. The van der Waals surface area contributed by atoms with Gasteiger partial charge in [-0.3, -0.25) is 4.79 Å². The average molecular weight is 257 g/mol. The van der Waals surface area contributed by atoms with Crippen LogP contribution in [0.15, 0.2) is 18.2 Å². The van der Waals surface area contributed by atoms with Crippen molar-refractivity contribution in [3.63, 3.8) is 0 Å². The maximum Gasteiger partial charge on any atom is 0.315 e. The molecule has 1 aromatic heterocycles. The summed E-state index contributed by atoms with van der Waals surface area (Å²) in [5.41, 5.74) is 3.73. The van der Waals surface area contributed by atoms with Crippen LogP contribution in [-0.2, 0) is 23.1 Å². The number of H-pyrrole nitrogens is 1. The van der Waals surface area contributed by atoms with Gasteiger partial charge in [0, 0.05) is 16.6 Å². The number of nitrogens with one attached hydrogen (secondary N) is 1. The average Bonchev–Trinajstić information content (AvgIpc) is 2.78. The molecule has 19 heavy (non-hydrogen) atoms. The number of carbonyl (C=O) groups is 1. The minimum absolute atomic E-state index is 0.711. The molecule has 0 saturated carbocycles. The van der Waals surface area contributed by atoms with Gasteiger partial charge >= 0.3 is 5.97 Å². The van der Waals surface area contributed by atoms with Crippen LogP contribution in [0.2, 0.25) is 0 Å². The minimum Gasteiger partial charge on any atom is -0.481 e. The molecule has 2 aromatic rings.